The van der Waals surface area contributed by atoms with E-state index < -0.39 is 0 Å². The molecule has 26 heavy (non-hydrogen) atoms. The Morgan fingerprint density at radius 3 is 2.27 bits per heavy atom. The van der Waals surface area contributed by atoms with Gasteiger partial charge >= 0.3 is 0 Å². The molecule has 0 spiro atoms. The summed E-state index contributed by atoms with van der Waals surface area (Å²) < 4.78 is 6.12. The second-order valence-electron chi connectivity index (χ2n) is 6.63. The largest absolute Gasteiger partial charge is 0.473 e. The second kappa shape index (κ2) is 6.94. The third-order valence-corrected chi connectivity index (χ3v) is 4.41. The van der Waals surface area contributed by atoms with Gasteiger partial charge in [-0.1, -0.05) is 60.5 Å². The van der Waals surface area contributed by atoms with Crippen LogP contribution < -0.4 is 4.74 Å². The SMILES string of the molecule is Cc1cc(C)cc(C#C[C@@H]2C=C(c3ccccc3)c3ccccc3O2)c1. The molecule has 3 aromatic carbocycles. The average molecular weight is 336 g/mol. The Morgan fingerprint density at radius 2 is 1.50 bits per heavy atom. The van der Waals surface area contributed by atoms with Crippen LogP contribution in [-0.2, 0) is 0 Å². The molecule has 0 radical (unpaired) electrons. The van der Waals surface area contributed by atoms with E-state index in [4.69, 9.17) is 4.74 Å². The first-order valence-corrected chi connectivity index (χ1v) is 8.82. The van der Waals surface area contributed by atoms with Gasteiger partial charge in [-0.25, -0.2) is 0 Å². The van der Waals surface area contributed by atoms with E-state index in [0.29, 0.717) is 0 Å². The molecule has 0 N–H and O–H groups in total. The zero-order chi connectivity index (χ0) is 17.9. The number of rotatable bonds is 1. The normalized spacial score (nSPS) is 15.2. The summed E-state index contributed by atoms with van der Waals surface area (Å²) in [6, 6.07) is 24.9. The highest BCUT2D eigenvalue weighted by atomic mass is 16.5. The first-order chi connectivity index (χ1) is 12.7. The Kier molecular flexibility index (Phi) is 4.33. The van der Waals surface area contributed by atoms with Gasteiger partial charge in [-0.15, -0.1) is 0 Å². The summed E-state index contributed by atoms with van der Waals surface area (Å²) in [6.45, 7) is 4.19. The van der Waals surface area contributed by atoms with Crippen molar-refractivity contribution >= 4 is 5.57 Å². The lowest BCUT2D eigenvalue weighted by Crippen LogP contribution is -2.17. The molecule has 0 saturated carbocycles. The summed E-state index contributed by atoms with van der Waals surface area (Å²) in [6.07, 6.45) is 1.86. The summed E-state index contributed by atoms with van der Waals surface area (Å²) in [4.78, 5) is 0. The van der Waals surface area contributed by atoms with Crippen LogP contribution in [0.25, 0.3) is 5.57 Å². The van der Waals surface area contributed by atoms with Gasteiger partial charge in [0.2, 0.25) is 0 Å². The lowest BCUT2D eigenvalue weighted by Gasteiger charge is -2.22. The number of fused-ring (bicyclic) bond motifs is 1. The van der Waals surface area contributed by atoms with Crippen LogP contribution >= 0.6 is 0 Å². The Bertz CT molecular complexity index is 1010. The van der Waals surface area contributed by atoms with Crippen molar-refractivity contribution in [2.75, 3.05) is 0 Å². The molecule has 0 unspecified atom stereocenters. The number of aryl methyl sites for hydroxylation is 2. The van der Waals surface area contributed by atoms with Gasteiger partial charge in [0.15, 0.2) is 6.10 Å². The van der Waals surface area contributed by atoms with E-state index in [2.05, 4.69) is 80.3 Å². The quantitative estimate of drug-likeness (QED) is 0.530. The van der Waals surface area contributed by atoms with Gasteiger partial charge in [0.1, 0.15) is 5.75 Å². The molecule has 0 amide bonds. The highest BCUT2D eigenvalue weighted by molar-refractivity contribution is 5.84. The van der Waals surface area contributed by atoms with Gasteiger partial charge in [-0.2, -0.15) is 0 Å². The maximum Gasteiger partial charge on any atom is 0.178 e. The molecule has 126 valence electrons. The van der Waals surface area contributed by atoms with Crippen LogP contribution in [-0.4, -0.2) is 6.10 Å². The predicted molar refractivity (Wildman–Crippen MR) is 107 cm³/mol. The van der Waals surface area contributed by atoms with E-state index in [1.807, 2.05) is 24.3 Å². The molecular formula is C25H20O. The molecule has 1 nitrogen and oxygen atoms in total. The molecule has 3 aromatic rings. The number of hydrogen-bond acceptors (Lipinski definition) is 1. The smallest absolute Gasteiger partial charge is 0.178 e. The first-order valence-electron chi connectivity index (χ1n) is 8.82. The molecule has 0 aliphatic carbocycles. The van der Waals surface area contributed by atoms with Gasteiger partial charge < -0.3 is 4.74 Å². The standard InChI is InChI=1S/C25H20O/c1-18-14-19(2)16-20(15-18)12-13-22-17-24(21-8-4-3-5-9-21)23-10-6-7-11-25(23)26-22/h3-11,14-17,22H,1-2H3/t22-/m1/s1. The molecule has 1 heteroatoms. The summed E-state index contributed by atoms with van der Waals surface area (Å²) >= 11 is 0. The minimum atomic E-state index is -0.263. The lowest BCUT2D eigenvalue weighted by atomic mass is 9.94. The van der Waals surface area contributed by atoms with Crippen LogP contribution in [0.1, 0.15) is 27.8 Å². The molecule has 1 aliphatic rings. The van der Waals surface area contributed by atoms with E-state index >= 15 is 0 Å². The monoisotopic (exact) mass is 336 g/mol. The molecule has 1 aliphatic heterocycles. The highest BCUT2D eigenvalue weighted by Gasteiger charge is 2.19. The fraction of sp³-hybridized carbons (Fsp3) is 0.120. The Hall–Kier alpha value is -3.24. The number of benzene rings is 3. The van der Waals surface area contributed by atoms with Crippen molar-refractivity contribution in [2.45, 2.75) is 20.0 Å². The van der Waals surface area contributed by atoms with E-state index in [1.54, 1.807) is 0 Å². The zero-order valence-corrected chi connectivity index (χ0v) is 15.0. The molecule has 4 rings (SSSR count). The van der Waals surface area contributed by atoms with Gasteiger partial charge in [0.05, 0.1) is 0 Å². The van der Waals surface area contributed by atoms with Crippen molar-refractivity contribution in [3.8, 4) is 17.6 Å². The fourth-order valence-electron chi connectivity index (χ4n) is 3.35. The minimum absolute atomic E-state index is 0.263. The Labute approximate surface area is 155 Å². The van der Waals surface area contributed by atoms with Crippen LogP contribution in [0.2, 0.25) is 0 Å². The van der Waals surface area contributed by atoms with E-state index in [-0.39, 0.29) is 6.10 Å². The van der Waals surface area contributed by atoms with Gasteiger partial charge in [0, 0.05) is 11.1 Å². The topological polar surface area (TPSA) is 9.23 Å². The predicted octanol–water partition coefficient (Wildman–Crippen LogP) is 5.55. The van der Waals surface area contributed by atoms with Crippen LogP contribution in [0.15, 0.2) is 78.9 Å². The zero-order valence-electron chi connectivity index (χ0n) is 15.0. The minimum Gasteiger partial charge on any atom is -0.473 e. The molecule has 0 bridgehead atoms. The number of ether oxygens (including phenoxy) is 1. The van der Waals surface area contributed by atoms with Gasteiger partial charge in [0.25, 0.3) is 0 Å². The van der Waals surface area contributed by atoms with Crippen LogP contribution in [0.3, 0.4) is 0 Å². The Balaban J connectivity index is 1.74. The van der Waals surface area contributed by atoms with Crippen molar-refractivity contribution in [1.82, 2.24) is 0 Å². The first kappa shape index (κ1) is 16.2. The van der Waals surface area contributed by atoms with Gasteiger partial charge in [-0.3, -0.25) is 0 Å². The molecule has 1 heterocycles. The molecule has 1 atom stereocenters. The third kappa shape index (κ3) is 3.41. The number of para-hydroxylation sites is 1. The fourth-order valence-corrected chi connectivity index (χ4v) is 3.35. The highest BCUT2D eigenvalue weighted by Crippen LogP contribution is 2.35. The molecule has 0 aromatic heterocycles. The van der Waals surface area contributed by atoms with E-state index in [9.17, 15) is 0 Å². The van der Waals surface area contributed by atoms with E-state index in [0.717, 1.165) is 16.9 Å². The molecule has 0 saturated heterocycles. The lowest BCUT2D eigenvalue weighted by molar-refractivity contribution is 0.300. The Morgan fingerprint density at radius 1 is 0.808 bits per heavy atom. The van der Waals surface area contributed by atoms with Crippen molar-refractivity contribution in [2.24, 2.45) is 0 Å². The van der Waals surface area contributed by atoms with Crippen molar-refractivity contribution < 1.29 is 4.74 Å². The van der Waals surface area contributed by atoms with Crippen molar-refractivity contribution in [3.63, 3.8) is 0 Å². The van der Waals surface area contributed by atoms with Crippen LogP contribution in [0.4, 0.5) is 0 Å². The maximum atomic E-state index is 6.12. The van der Waals surface area contributed by atoms with Gasteiger partial charge in [-0.05, 0) is 66.3 Å². The van der Waals surface area contributed by atoms with Crippen molar-refractivity contribution in [1.29, 1.82) is 0 Å². The average Bonchev–Trinajstić information content (AvgIpc) is 2.66. The number of hydrogen-bond donors (Lipinski definition) is 0. The third-order valence-electron chi connectivity index (χ3n) is 4.41. The van der Waals surface area contributed by atoms with Crippen LogP contribution in [0, 0.1) is 25.7 Å². The van der Waals surface area contributed by atoms with Crippen LogP contribution in [0.5, 0.6) is 5.75 Å². The summed E-state index contributed by atoms with van der Waals surface area (Å²) in [5, 5.41) is 0. The molecule has 0 fully saturated rings. The second-order valence-corrected chi connectivity index (χ2v) is 6.63. The van der Waals surface area contributed by atoms with Crippen molar-refractivity contribution in [3.05, 3.63) is 107 Å². The maximum absolute atomic E-state index is 6.12. The summed E-state index contributed by atoms with van der Waals surface area (Å²) in [5.41, 5.74) is 6.95. The summed E-state index contributed by atoms with van der Waals surface area (Å²) in [5.74, 6) is 7.45. The molecular weight excluding hydrogens is 316 g/mol. The van der Waals surface area contributed by atoms with E-state index in [1.165, 1.54) is 22.3 Å². The summed E-state index contributed by atoms with van der Waals surface area (Å²) in [7, 11) is 0.